The van der Waals surface area contributed by atoms with Gasteiger partial charge in [0.05, 0.1) is 0 Å². The topological polar surface area (TPSA) is 37.3 Å². The fourth-order valence-corrected chi connectivity index (χ4v) is 1.91. The molecule has 0 rings (SSSR count). The molecule has 0 aromatic heterocycles. The molecule has 0 aromatic rings. The first kappa shape index (κ1) is 15.1. The Morgan fingerprint density at radius 1 is 1.25 bits per heavy atom. The summed E-state index contributed by atoms with van der Waals surface area (Å²) in [6.45, 7) is 4.57. The third-order valence-electron chi connectivity index (χ3n) is 1.55. The molecule has 70 valence electrons. The van der Waals surface area contributed by atoms with Crippen molar-refractivity contribution in [3.63, 3.8) is 0 Å². The molecule has 0 aliphatic carbocycles. The van der Waals surface area contributed by atoms with E-state index in [0.29, 0.717) is 0 Å². The van der Waals surface area contributed by atoms with Crippen molar-refractivity contribution < 1.29 is 9.46 Å². The summed E-state index contributed by atoms with van der Waals surface area (Å²) in [6.07, 6.45) is 5.80. The van der Waals surface area contributed by atoms with Crippen molar-refractivity contribution >= 4 is 23.9 Å². The number of hydrogen-bond donors (Lipinski definition) is 1. The van der Waals surface area contributed by atoms with Crippen molar-refractivity contribution in [3.05, 3.63) is 0 Å². The average Bonchev–Trinajstić information content (AvgIpc) is 2.06. The summed E-state index contributed by atoms with van der Waals surface area (Å²) in [5, 5.41) is 2.99. The second-order valence-corrected chi connectivity index (χ2v) is 4.76. The molecule has 12 heavy (non-hydrogen) atoms. The molecule has 0 radical (unpaired) electrons. The van der Waals surface area contributed by atoms with E-state index in [1.807, 2.05) is 0 Å². The van der Waals surface area contributed by atoms with Crippen molar-refractivity contribution in [2.75, 3.05) is 0 Å². The van der Waals surface area contributed by atoms with Crippen LogP contribution in [0.15, 0.2) is 0 Å². The normalized spacial score (nSPS) is 8.58. The third kappa shape index (κ3) is 22.4. The van der Waals surface area contributed by atoms with Gasteiger partial charge in [0.25, 0.3) is 0 Å². The van der Waals surface area contributed by atoms with Gasteiger partial charge in [0.2, 0.25) is 0 Å². The molecular formula is C8H19AlO2P+. The van der Waals surface area contributed by atoms with E-state index in [0.717, 1.165) is 15.2 Å². The van der Waals surface area contributed by atoms with Crippen LogP contribution in [0.5, 0.6) is 0 Å². The summed E-state index contributed by atoms with van der Waals surface area (Å²) in [7, 11) is -0.833. The van der Waals surface area contributed by atoms with Crippen LogP contribution in [0.2, 0.25) is 10.6 Å². The third-order valence-corrected chi connectivity index (χ3v) is 2.94. The molecule has 0 saturated heterocycles. The quantitative estimate of drug-likeness (QED) is 0.410. The van der Waals surface area contributed by atoms with E-state index in [1.165, 1.54) is 36.2 Å². The van der Waals surface area contributed by atoms with Crippen LogP contribution in [0.25, 0.3) is 0 Å². The predicted octanol–water partition coefficient (Wildman–Crippen LogP) is 3.31. The van der Waals surface area contributed by atoms with Gasteiger partial charge in [0.15, 0.2) is 0 Å². The van der Waals surface area contributed by atoms with Gasteiger partial charge in [-0.15, -0.1) is 0 Å². The van der Waals surface area contributed by atoms with E-state index < -0.39 is 8.69 Å². The predicted molar refractivity (Wildman–Crippen MR) is 55.0 cm³/mol. The smallest absolute Gasteiger partial charge is 0.310 e. The maximum Gasteiger partial charge on any atom is 0.324 e. The Bertz CT molecular complexity index is 75.5. The monoisotopic (exact) mass is 205 g/mol. The minimum atomic E-state index is -0.833. The van der Waals surface area contributed by atoms with Crippen LogP contribution < -0.4 is 0 Å². The van der Waals surface area contributed by atoms with Gasteiger partial charge in [-0.1, -0.05) is 0 Å². The van der Waals surface area contributed by atoms with Gasteiger partial charge in [-0.25, -0.2) is 4.57 Å². The molecular weight excluding hydrogens is 186 g/mol. The molecule has 0 fully saturated rings. The van der Waals surface area contributed by atoms with E-state index in [4.69, 9.17) is 9.46 Å². The Kier molecular flexibility index (Phi) is 22.1. The molecule has 0 saturated carbocycles. The summed E-state index contributed by atoms with van der Waals surface area (Å²) in [5.41, 5.74) is 0. The first-order valence-electron chi connectivity index (χ1n) is 4.61. The molecule has 0 amide bonds. The molecule has 0 aliphatic heterocycles. The van der Waals surface area contributed by atoms with Gasteiger partial charge in [0.1, 0.15) is 0 Å². The van der Waals surface area contributed by atoms with Gasteiger partial charge >= 0.3 is 74.0 Å². The van der Waals surface area contributed by atoms with Gasteiger partial charge in [-0.3, -0.25) is 0 Å². The molecule has 2 nitrogen and oxygen atoms in total. The van der Waals surface area contributed by atoms with Crippen LogP contribution in [-0.4, -0.2) is 20.1 Å². The van der Waals surface area contributed by atoms with Crippen LogP contribution in [0.4, 0.5) is 0 Å². The molecule has 0 aromatic carbocycles. The summed E-state index contributed by atoms with van der Waals surface area (Å²) in [4.78, 5) is 6.99. The zero-order chi connectivity index (χ0) is 9.66. The van der Waals surface area contributed by atoms with Crippen molar-refractivity contribution in [3.8, 4) is 0 Å². The largest absolute Gasteiger partial charge is 0.324 e. The molecule has 4 heteroatoms. The second-order valence-electron chi connectivity index (χ2n) is 2.63. The Hall–Kier alpha value is 0.592. The van der Waals surface area contributed by atoms with E-state index >= 15 is 0 Å². The second kappa shape index (κ2) is 17.6. The van der Waals surface area contributed by atoms with Crippen molar-refractivity contribution in [2.24, 2.45) is 0 Å². The van der Waals surface area contributed by atoms with Crippen molar-refractivity contribution in [1.82, 2.24) is 0 Å². The molecule has 0 heterocycles. The number of unbranched alkanes of at least 4 members (excludes halogenated alkanes) is 3. The number of hydrogen-bond acceptors (Lipinski definition) is 1. The zero-order valence-corrected chi connectivity index (χ0v) is 10.2. The first-order chi connectivity index (χ1) is 5.83. The van der Waals surface area contributed by atoms with Crippen LogP contribution in [-0.2, 0) is 4.57 Å². The van der Waals surface area contributed by atoms with Crippen molar-refractivity contribution in [2.45, 2.75) is 50.1 Å². The van der Waals surface area contributed by atoms with Crippen LogP contribution >= 0.6 is 8.69 Å². The molecule has 0 unspecified atom stereocenters. The summed E-state index contributed by atoms with van der Waals surface area (Å²) < 4.78 is 8.46. The number of rotatable bonds is 6. The zero-order valence-electron chi connectivity index (χ0n) is 8.12. The Morgan fingerprint density at radius 3 is 2.25 bits per heavy atom. The standard InChI is InChI=1S/C6H13.C2H5.Al.HO2P/c1-3-5-6-4-2;1-2;;1-3-2/h1,3-6H2,2H3;1H2,2H3;;(H,1,2)/q;;+1;. The fourth-order valence-electron chi connectivity index (χ4n) is 0.920. The maximum atomic E-state index is 8.46. The first-order valence-corrected chi connectivity index (χ1v) is 7.01. The Labute approximate surface area is 83.8 Å². The summed E-state index contributed by atoms with van der Waals surface area (Å²) in [5.74, 6) is 0. The van der Waals surface area contributed by atoms with Crippen molar-refractivity contribution in [1.29, 1.82) is 0 Å². The van der Waals surface area contributed by atoms with Gasteiger partial charge in [-0.2, -0.15) is 0 Å². The molecule has 0 bridgehead atoms. The van der Waals surface area contributed by atoms with E-state index in [2.05, 4.69) is 13.8 Å². The summed E-state index contributed by atoms with van der Waals surface area (Å²) >= 11 is 0.810. The van der Waals surface area contributed by atoms with Crippen LogP contribution in [0.3, 0.4) is 0 Å². The fraction of sp³-hybridized carbons (Fsp3) is 1.00. The maximum absolute atomic E-state index is 8.46. The molecule has 0 atom stereocenters. The Morgan fingerprint density at radius 2 is 1.83 bits per heavy atom. The van der Waals surface area contributed by atoms with Crippen LogP contribution in [0, 0.1) is 0 Å². The molecule has 0 spiro atoms. The molecule has 0 aliphatic rings. The van der Waals surface area contributed by atoms with Gasteiger partial charge < -0.3 is 4.89 Å². The van der Waals surface area contributed by atoms with E-state index in [9.17, 15) is 0 Å². The average molecular weight is 205 g/mol. The SMILES string of the molecule is CCCCC[CH2][Al+][CH2]C.O=PO. The summed E-state index contributed by atoms with van der Waals surface area (Å²) in [6, 6.07) is 0. The molecule has 1 N–H and O–H groups in total. The van der Waals surface area contributed by atoms with E-state index in [1.54, 1.807) is 0 Å². The Balaban J connectivity index is 0. The minimum absolute atomic E-state index is 0.810. The van der Waals surface area contributed by atoms with Gasteiger partial charge in [-0.05, 0) is 0 Å². The van der Waals surface area contributed by atoms with E-state index in [-0.39, 0.29) is 0 Å². The van der Waals surface area contributed by atoms with Crippen LogP contribution in [0.1, 0.15) is 39.5 Å². The van der Waals surface area contributed by atoms with Gasteiger partial charge in [0, 0.05) is 0 Å². The minimum Gasteiger partial charge on any atom is -0.310 e.